The highest BCUT2D eigenvalue weighted by Gasteiger charge is 2.62. The molecule has 5 nitrogen and oxygen atoms in total. The second-order valence-corrected chi connectivity index (χ2v) is 10.3. The third-order valence-corrected chi connectivity index (χ3v) is 8.78. The predicted octanol–water partition coefficient (Wildman–Crippen LogP) is 4.30. The van der Waals surface area contributed by atoms with Crippen molar-refractivity contribution in [1.29, 1.82) is 0 Å². The van der Waals surface area contributed by atoms with Gasteiger partial charge in [-0.2, -0.15) is 0 Å². The first-order chi connectivity index (χ1) is 14.8. The molecule has 0 aromatic heterocycles. The molecule has 1 aliphatic heterocycles. The van der Waals surface area contributed by atoms with E-state index in [1.807, 2.05) is 36.1 Å². The van der Waals surface area contributed by atoms with Crippen LogP contribution in [0.4, 0.5) is 0 Å². The first kappa shape index (κ1) is 20.5. The molecule has 5 atom stereocenters. The van der Waals surface area contributed by atoms with Crippen molar-refractivity contribution < 1.29 is 19.1 Å². The molecule has 3 fully saturated rings. The van der Waals surface area contributed by atoms with Gasteiger partial charge >= 0.3 is 0 Å². The van der Waals surface area contributed by atoms with Crippen LogP contribution in [-0.4, -0.2) is 29.5 Å². The zero-order valence-electron chi connectivity index (χ0n) is 18.6. The second kappa shape index (κ2) is 7.04. The van der Waals surface area contributed by atoms with Gasteiger partial charge in [0.05, 0.1) is 13.7 Å². The van der Waals surface area contributed by atoms with Gasteiger partial charge in [-0.3, -0.25) is 14.4 Å². The Morgan fingerprint density at radius 2 is 1.81 bits per heavy atom. The Morgan fingerprint density at radius 3 is 2.52 bits per heavy atom. The SMILES string of the molecule is COc1ccc(CN2C(=O)CCC3(C)C2=CCC2C3C(=O)C[C@]3(C)C(=O)CCC23)cc1. The van der Waals surface area contributed by atoms with Gasteiger partial charge < -0.3 is 9.64 Å². The first-order valence-corrected chi connectivity index (χ1v) is 11.5. The zero-order chi connectivity index (χ0) is 22.0. The molecule has 2 saturated carbocycles. The number of benzene rings is 1. The molecular weight excluding hydrogens is 390 g/mol. The van der Waals surface area contributed by atoms with Crippen LogP contribution < -0.4 is 4.74 Å². The lowest BCUT2D eigenvalue weighted by Gasteiger charge is -2.56. The van der Waals surface area contributed by atoms with Crippen LogP contribution in [0.2, 0.25) is 0 Å². The summed E-state index contributed by atoms with van der Waals surface area (Å²) in [5.74, 6) is 1.81. The van der Waals surface area contributed by atoms with Crippen molar-refractivity contribution in [3.63, 3.8) is 0 Å². The molecular formula is C26H31NO4. The molecule has 0 radical (unpaired) electrons. The Bertz CT molecular complexity index is 980. The molecule has 0 N–H and O–H groups in total. The number of Topliss-reactive ketones (excluding diaryl/α,β-unsaturated/α-hetero) is 2. The quantitative estimate of drug-likeness (QED) is 0.730. The normalized spacial score (nSPS) is 37.1. The third kappa shape index (κ3) is 2.92. The average molecular weight is 422 g/mol. The summed E-state index contributed by atoms with van der Waals surface area (Å²) in [5, 5.41) is 0. The van der Waals surface area contributed by atoms with Gasteiger partial charge in [-0.15, -0.1) is 0 Å². The lowest BCUT2D eigenvalue weighted by atomic mass is 9.49. The first-order valence-electron chi connectivity index (χ1n) is 11.5. The zero-order valence-corrected chi connectivity index (χ0v) is 18.6. The van der Waals surface area contributed by atoms with Gasteiger partial charge in [0, 0.05) is 41.7 Å². The number of fused-ring (bicyclic) bond motifs is 5. The van der Waals surface area contributed by atoms with Gasteiger partial charge in [0.25, 0.3) is 0 Å². The second-order valence-electron chi connectivity index (χ2n) is 10.3. The molecule has 31 heavy (non-hydrogen) atoms. The van der Waals surface area contributed by atoms with Crippen LogP contribution in [0.5, 0.6) is 5.75 Å². The van der Waals surface area contributed by atoms with E-state index in [1.54, 1.807) is 7.11 Å². The van der Waals surface area contributed by atoms with Crippen molar-refractivity contribution in [2.24, 2.45) is 28.6 Å². The summed E-state index contributed by atoms with van der Waals surface area (Å²) < 4.78 is 5.25. The van der Waals surface area contributed by atoms with Crippen molar-refractivity contribution >= 4 is 17.5 Å². The number of ketones is 2. The highest BCUT2D eigenvalue weighted by Crippen LogP contribution is 2.62. The predicted molar refractivity (Wildman–Crippen MR) is 116 cm³/mol. The monoisotopic (exact) mass is 421 g/mol. The molecule has 0 bridgehead atoms. The summed E-state index contributed by atoms with van der Waals surface area (Å²) in [5.41, 5.74) is 1.24. The Labute approximate surface area is 183 Å². The maximum atomic E-state index is 13.5. The number of hydrogen-bond acceptors (Lipinski definition) is 4. The third-order valence-electron chi connectivity index (χ3n) is 8.78. The largest absolute Gasteiger partial charge is 0.497 e. The van der Waals surface area contributed by atoms with E-state index in [0.717, 1.165) is 29.9 Å². The minimum atomic E-state index is -0.479. The van der Waals surface area contributed by atoms with Crippen molar-refractivity contribution in [3.8, 4) is 5.75 Å². The number of ether oxygens (including phenoxy) is 1. The summed E-state index contributed by atoms with van der Waals surface area (Å²) in [6.45, 7) is 4.71. The van der Waals surface area contributed by atoms with Crippen LogP contribution in [0.15, 0.2) is 36.0 Å². The van der Waals surface area contributed by atoms with Gasteiger partial charge in [0.15, 0.2) is 0 Å². The Kier molecular flexibility index (Phi) is 4.65. The Morgan fingerprint density at radius 1 is 1.06 bits per heavy atom. The van der Waals surface area contributed by atoms with Crippen molar-refractivity contribution in [2.45, 2.75) is 58.9 Å². The molecule has 5 rings (SSSR count). The molecule has 5 heteroatoms. The number of nitrogens with zero attached hydrogens (tertiary/aromatic N) is 1. The van der Waals surface area contributed by atoms with Crippen LogP contribution in [0, 0.1) is 28.6 Å². The number of likely N-dealkylation sites (tertiary alicyclic amines) is 1. The van der Waals surface area contributed by atoms with E-state index in [4.69, 9.17) is 4.74 Å². The van der Waals surface area contributed by atoms with Gasteiger partial charge in [-0.25, -0.2) is 0 Å². The molecule has 4 unspecified atom stereocenters. The summed E-state index contributed by atoms with van der Waals surface area (Å²) in [4.78, 5) is 41.0. The minimum Gasteiger partial charge on any atom is -0.497 e. The van der Waals surface area contributed by atoms with Crippen LogP contribution >= 0.6 is 0 Å². The fraction of sp³-hybridized carbons (Fsp3) is 0.577. The van der Waals surface area contributed by atoms with E-state index in [-0.39, 0.29) is 40.6 Å². The maximum absolute atomic E-state index is 13.5. The smallest absolute Gasteiger partial charge is 0.227 e. The lowest BCUT2D eigenvalue weighted by Crippen LogP contribution is -2.57. The number of rotatable bonds is 3. The van der Waals surface area contributed by atoms with Crippen molar-refractivity contribution in [1.82, 2.24) is 4.90 Å². The van der Waals surface area contributed by atoms with E-state index < -0.39 is 5.41 Å². The van der Waals surface area contributed by atoms with Crippen LogP contribution in [0.3, 0.4) is 0 Å². The molecule has 1 amide bonds. The number of carbonyl (C=O) groups excluding carboxylic acids is 3. The Balaban J connectivity index is 1.49. The van der Waals surface area contributed by atoms with Crippen molar-refractivity contribution in [3.05, 3.63) is 41.6 Å². The fourth-order valence-electron chi connectivity index (χ4n) is 7.15. The van der Waals surface area contributed by atoms with Gasteiger partial charge in [0.2, 0.25) is 5.91 Å². The van der Waals surface area contributed by atoms with Crippen LogP contribution in [0.25, 0.3) is 0 Å². The molecule has 3 aliphatic carbocycles. The highest BCUT2D eigenvalue weighted by molar-refractivity contribution is 5.96. The van der Waals surface area contributed by atoms with E-state index in [2.05, 4.69) is 13.0 Å². The Hall–Kier alpha value is -2.43. The van der Waals surface area contributed by atoms with E-state index in [0.29, 0.717) is 32.2 Å². The summed E-state index contributed by atoms with van der Waals surface area (Å²) >= 11 is 0. The van der Waals surface area contributed by atoms with E-state index in [1.165, 1.54) is 0 Å². The standard InChI is InChI=1S/C26H31NO4/c1-25-13-12-23(30)27(15-16-4-6-17(31-3)7-5-16)21(25)10-8-18-19-9-11-22(29)26(19,2)14-20(28)24(18)25/h4-7,10,18-19,24H,8-9,11-15H2,1-3H3/t18?,19?,24?,25?,26-/m0/s1. The number of methoxy groups -OCH3 is 1. The molecule has 1 heterocycles. The van der Waals surface area contributed by atoms with Crippen molar-refractivity contribution in [2.75, 3.05) is 7.11 Å². The van der Waals surface area contributed by atoms with Crippen LogP contribution in [-0.2, 0) is 20.9 Å². The van der Waals surface area contributed by atoms with Gasteiger partial charge in [-0.05, 0) is 48.8 Å². The average Bonchev–Trinajstić information content (AvgIpc) is 3.04. The maximum Gasteiger partial charge on any atom is 0.227 e. The molecule has 0 spiro atoms. The molecule has 4 aliphatic rings. The molecule has 1 aromatic rings. The molecule has 164 valence electrons. The number of amides is 1. The fourth-order valence-corrected chi connectivity index (χ4v) is 7.15. The highest BCUT2D eigenvalue weighted by atomic mass is 16.5. The lowest BCUT2D eigenvalue weighted by molar-refractivity contribution is -0.152. The molecule has 1 aromatic carbocycles. The number of carbonyl (C=O) groups is 3. The molecule has 1 saturated heterocycles. The summed E-state index contributed by atoms with van der Waals surface area (Å²) in [6, 6.07) is 7.81. The van der Waals surface area contributed by atoms with Gasteiger partial charge in [-0.1, -0.05) is 32.1 Å². The topological polar surface area (TPSA) is 63.7 Å². The summed E-state index contributed by atoms with van der Waals surface area (Å²) in [6.07, 6.45) is 6.03. The number of piperidine rings is 1. The number of hydrogen-bond donors (Lipinski definition) is 0. The van der Waals surface area contributed by atoms with Gasteiger partial charge in [0.1, 0.15) is 17.3 Å². The van der Waals surface area contributed by atoms with E-state index in [9.17, 15) is 14.4 Å². The van der Waals surface area contributed by atoms with E-state index >= 15 is 0 Å². The summed E-state index contributed by atoms with van der Waals surface area (Å²) in [7, 11) is 1.64. The minimum absolute atomic E-state index is 0.0945. The van der Waals surface area contributed by atoms with Crippen LogP contribution in [0.1, 0.15) is 57.9 Å². The number of allylic oxidation sites excluding steroid dienone is 2.